The Kier molecular flexibility index (Phi) is 2.52. The molecule has 0 radical (unpaired) electrons. The smallest absolute Gasteiger partial charge is 0.0270 e. The Morgan fingerprint density at radius 1 is 1.33 bits per heavy atom. The molecule has 1 nitrogen and oxygen atoms in total. The fourth-order valence-corrected chi connectivity index (χ4v) is 0.877. The van der Waals surface area contributed by atoms with Gasteiger partial charge < -0.3 is 0 Å². The van der Waals surface area contributed by atoms with Crippen LogP contribution in [0.1, 0.15) is 5.56 Å². The minimum Gasteiger partial charge on any atom is -0.265 e. The number of hydrogen-bond acceptors (Lipinski definition) is 1. The maximum Gasteiger partial charge on any atom is 0.0270 e. The van der Waals surface area contributed by atoms with Crippen molar-refractivity contribution in [3.63, 3.8) is 0 Å². The maximum absolute atomic E-state index is 5.52. The quantitative estimate of drug-likeness (QED) is 0.573. The van der Waals surface area contributed by atoms with E-state index < -0.39 is 0 Å². The van der Waals surface area contributed by atoms with Gasteiger partial charge in [0.05, 0.1) is 0 Å². The number of nitrogens with zero attached hydrogens (tertiary/aromatic N) is 1. The van der Waals surface area contributed by atoms with Crippen LogP contribution in [0.2, 0.25) is 0 Å². The summed E-state index contributed by atoms with van der Waals surface area (Å²) in [6.07, 6.45) is 4.49. The first-order valence-corrected chi connectivity index (χ1v) is 3.42. The third-order valence-electron chi connectivity index (χ3n) is 1.13. The van der Waals surface area contributed by atoms with Gasteiger partial charge in [0.15, 0.2) is 0 Å². The maximum atomic E-state index is 5.52. The molecule has 0 atom stereocenters. The number of pyridine rings is 1. The van der Waals surface area contributed by atoms with Crippen molar-refractivity contribution in [3.05, 3.63) is 30.1 Å². The average molecular weight is 142 g/mol. The van der Waals surface area contributed by atoms with E-state index in [-0.39, 0.29) is 0 Å². The molecule has 0 N–H and O–H groups in total. The van der Waals surface area contributed by atoms with Crippen molar-refractivity contribution >= 4 is 11.6 Å². The van der Waals surface area contributed by atoms with Crippen molar-refractivity contribution in [2.45, 2.75) is 6.42 Å². The molecule has 0 saturated carbocycles. The van der Waals surface area contributed by atoms with E-state index in [1.807, 2.05) is 12.1 Å². The van der Waals surface area contributed by atoms with Crippen molar-refractivity contribution in [1.29, 1.82) is 0 Å². The van der Waals surface area contributed by atoms with Gasteiger partial charge in [-0.15, -0.1) is 11.6 Å². The van der Waals surface area contributed by atoms with Crippen LogP contribution in [0.4, 0.5) is 0 Å². The van der Waals surface area contributed by atoms with Crippen LogP contribution in [0.5, 0.6) is 0 Å². The Morgan fingerprint density at radius 3 is 2.56 bits per heavy atom. The molecule has 0 fully saturated rings. The molecule has 1 aromatic heterocycles. The minimum atomic E-state index is 0.685. The normalized spacial score (nSPS) is 9.44. The highest BCUT2D eigenvalue weighted by atomic mass is 35.5. The SMILES string of the molecule is ClCCc1ccncc1. The number of hydrogen-bond donors (Lipinski definition) is 0. The van der Waals surface area contributed by atoms with Crippen molar-refractivity contribution in [1.82, 2.24) is 4.98 Å². The second-order valence-electron chi connectivity index (χ2n) is 1.79. The highest BCUT2D eigenvalue weighted by molar-refractivity contribution is 6.17. The fourth-order valence-electron chi connectivity index (χ4n) is 0.659. The zero-order valence-corrected chi connectivity index (χ0v) is 5.80. The molecule has 0 saturated heterocycles. The summed E-state index contributed by atoms with van der Waals surface area (Å²) in [6, 6.07) is 3.95. The lowest BCUT2D eigenvalue weighted by atomic mass is 10.2. The Hall–Kier alpha value is -0.560. The molecular formula is C7H8ClN. The monoisotopic (exact) mass is 141 g/mol. The standard InChI is InChI=1S/C7H8ClN/c8-4-1-7-2-5-9-6-3-7/h2-3,5-6H,1,4H2. The first-order chi connectivity index (χ1) is 4.43. The first kappa shape index (κ1) is 6.56. The van der Waals surface area contributed by atoms with E-state index in [9.17, 15) is 0 Å². The molecule has 0 aliphatic heterocycles. The van der Waals surface area contributed by atoms with Crippen LogP contribution >= 0.6 is 11.6 Å². The van der Waals surface area contributed by atoms with Crippen molar-refractivity contribution < 1.29 is 0 Å². The Balaban J connectivity index is 2.61. The van der Waals surface area contributed by atoms with E-state index in [0.29, 0.717) is 5.88 Å². The molecule has 1 rings (SSSR count). The predicted molar refractivity (Wildman–Crippen MR) is 38.7 cm³/mol. The second kappa shape index (κ2) is 3.46. The predicted octanol–water partition coefficient (Wildman–Crippen LogP) is 1.86. The van der Waals surface area contributed by atoms with E-state index in [4.69, 9.17) is 11.6 Å². The molecule has 0 aromatic carbocycles. The lowest BCUT2D eigenvalue weighted by Crippen LogP contribution is -1.84. The Labute approximate surface area is 59.7 Å². The van der Waals surface area contributed by atoms with Crippen LogP contribution in [0.25, 0.3) is 0 Å². The van der Waals surface area contributed by atoms with Crippen LogP contribution in [-0.2, 0) is 6.42 Å². The molecular weight excluding hydrogens is 134 g/mol. The van der Waals surface area contributed by atoms with E-state index in [1.54, 1.807) is 12.4 Å². The van der Waals surface area contributed by atoms with Gasteiger partial charge in [-0.25, -0.2) is 0 Å². The summed E-state index contributed by atoms with van der Waals surface area (Å²) >= 11 is 5.52. The zero-order chi connectivity index (χ0) is 6.53. The number of aryl methyl sites for hydroxylation is 1. The van der Waals surface area contributed by atoms with Crippen LogP contribution in [0.15, 0.2) is 24.5 Å². The van der Waals surface area contributed by atoms with Gasteiger partial charge >= 0.3 is 0 Å². The molecule has 48 valence electrons. The van der Waals surface area contributed by atoms with Gasteiger partial charge in [0.1, 0.15) is 0 Å². The van der Waals surface area contributed by atoms with Crippen LogP contribution in [0, 0.1) is 0 Å². The number of alkyl halides is 1. The molecule has 1 heterocycles. The molecule has 2 heteroatoms. The number of halogens is 1. The van der Waals surface area contributed by atoms with E-state index in [0.717, 1.165) is 6.42 Å². The summed E-state index contributed by atoms with van der Waals surface area (Å²) in [5, 5.41) is 0. The second-order valence-corrected chi connectivity index (χ2v) is 2.17. The summed E-state index contributed by atoms with van der Waals surface area (Å²) in [7, 11) is 0. The fraction of sp³-hybridized carbons (Fsp3) is 0.286. The zero-order valence-electron chi connectivity index (χ0n) is 5.05. The van der Waals surface area contributed by atoms with E-state index in [2.05, 4.69) is 4.98 Å². The van der Waals surface area contributed by atoms with Crippen molar-refractivity contribution in [2.24, 2.45) is 0 Å². The lowest BCUT2D eigenvalue weighted by Gasteiger charge is -1.92. The third kappa shape index (κ3) is 2.02. The average Bonchev–Trinajstić information content (AvgIpc) is 1.91. The largest absolute Gasteiger partial charge is 0.265 e. The Bertz CT molecular complexity index is 162. The van der Waals surface area contributed by atoms with Gasteiger partial charge in [-0.3, -0.25) is 4.98 Å². The molecule has 0 bridgehead atoms. The van der Waals surface area contributed by atoms with Gasteiger partial charge in [-0.05, 0) is 24.1 Å². The third-order valence-corrected chi connectivity index (χ3v) is 1.32. The van der Waals surface area contributed by atoms with Crippen molar-refractivity contribution in [2.75, 3.05) is 5.88 Å². The van der Waals surface area contributed by atoms with Gasteiger partial charge in [0.25, 0.3) is 0 Å². The number of aromatic nitrogens is 1. The first-order valence-electron chi connectivity index (χ1n) is 2.88. The summed E-state index contributed by atoms with van der Waals surface area (Å²) in [4.78, 5) is 3.88. The van der Waals surface area contributed by atoms with Crippen LogP contribution in [-0.4, -0.2) is 10.9 Å². The highest BCUT2D eigenvalue weighted by Crippen LogP contribution is 1.97. The molecule has 0 unspecified atom stereocenters. The van der Waals surface area contributed by atoms with Gasteiger partial charge in [0.2, 0.25) is 0 Å². The molecule has 9 heavy (non-hydrogen) atoms. The van der Waals surface area contributed by atoms with E-state index in [1.165, 1.54) is 5.56 Å². The minimum absolute atomic E-state index is 0.685. The lowest BCUT2D eigenvalue weighted by molar-refractivity contribution is 1.13. The summed E-state index contributed by atoms with van der Waals surface area (Å²) in [5.41, 5.74) is 1.25. The molecule has 0 amide bonds. The topological polar surface area (TPSA) is 12.9 Å². The summed E-state index contributed by atoms with van der Waals surface area (Å²) in [5.74, 6) is 0.685. The van der Waals surface area contributed by atoms with E-state index >= 15 is 0 Å². The molecule has 0 aliphatic rings. The van der Waals surface area contributed by atoms with Crippen molar-refractivity contribution in [3.8, 4) is 0 Å². The van der Waals surface area contributed by atoms with Gasteiger partial charge in [0, 0.05) is 18.3 Å². The molecule has 1 aromatic rings. The summed E-state index contributed by atoms with van der Waals surface area (Å²) in [6.45, 7) is 0. The van der Waals surface area contributed by atoms with Crippen LogP contribution in [0.3, 0.4) is 0 Å². The van der Waals surface area contributed by atoms with Gasteiger partial charge in [-0.1, -0.05) is 0 Å². The molecule has 0 aliphatic carbocycles. The number of rotatable bonds is 2. The summed E-state index contributed by atoms with van der Waals surface area (Å²) < 4.78 is 0. The molecule has 0 spiro atoms. The van der Waals surface area contributed by atoms with Crippen LogP contribution < -0.4 is 0 Å². The Morgan fingerprint density at radius 2 is 2.00 bits per heavy atom. The van der Waals surface area contributed by atoms with Gasteiger partial charge in [-0.2, -0.15) is 0 Å². The highest BCUT2D eigenvalue weighted by Gasteiger charge is 1.86.